The Morgan fingerprint density at radius 2 is 1.23 bits per heavy atom. The summed E-state index contributed by atoms with van der Waals surface area (Å²) >= 11 is 7.82. The zero-order valence-electron chi connectivity index (χ0n) is 38.4. The third-order valence-corrected chi connectivity index (χ3v) is 15.4. The lowest BCUT2D eigenvalue weighted by molar-refractivity contribution is -0.121. The first-order chi connectivity index (χ1) is 33.0. The van der Waals surface area contributed by atoms with Crippen molar-refractivity contribution >= 4 is 104 Å². The monoisotopic (exact) mass is 1050 g/mol. The molecule has 0 aliphatic carbocycles. The number of nitrogens with one attached hydrogen (secondary N) is 5. The van der Waals surface area contributed by atoms with Gasteiger partial charge in [-0.15, -0.1) is 68.0 Å². The van der Waals surface area contributed by atoms with Crippen LogP contribution in [0.2, 0.25) is 0 Å². The summed E-state index contributed by atoms with van der Waals surface area (Å²) in [5.74, 6) is -2.57. The maximum atomic E-state index is 13.3. The predicted octanol–water partition coefficient (Wildman–Crippen LogP) is 7.21. The van der Waals surface area contributed by atoms with E-state index in [1.54, 1.807) is 34.6 Å². The van der Waals surface area contributed by atoms with Crippen LogP contribution in [0, 0.1) is 18.8 Å². The third-order valence-electron chi connectivity index (χ3n) is 10.2. The van der Waals surface area contributed by atoms with Gasteiger partial charge in [0.05, 0.1) is 36.9 Å². The van der Waals surface area contributed by atoms with Crippen molar-refractivity contribution in [2.45, 2.75) is 66.1 Å². The number of hydrogen-bond acceptors (Lipinski definition) is 20. The van der Waals surface area contributed by atoms with Crippen molar-refractivity contribution in [1.29, 1.82) is 0 Å². The summed E-state index contributed by atoms with van der Waals surface area (Å²) in [6.45, 7) is 11.1. The van der Waals surface area contributed by atoms with Crippen LogP contribution in [-0.4, -0.2) is 97.1 Å². The lowest BCUT2D eigenvalue weighted by atomic mass is 10.0. The zero-order chi connectivity index (χ0) is 49.5. The molecule has 0 radical (unpaired) electrons. The molecule has 7 heterocycles. The number of rotatable bonds is 19. The fraction of sp³-hybridized carbons (Fsp3) is 0.341. The number of ether oxygens (including phenoxy) is 1. The van der Waals surface area contributed by atoms with Crippen LogP contribution in [0.4, 0.5) is 0 Å². The molecule has 3 unspecified atom stereocenters. The molecule has 360 valence electrons. The number of esters is 1. The summed E-state index contributed by atoms with van der Waals surface area (Å²) in [7, 11) is 2.82. The van der Waals surface area contributed by atoms with E-state index >= 15 is 0 Å². The highest BCUT2D eigenvalue weighted by Crippen LogP contribution is 2.38. The number of carbonyl (C=O) groups is 6. The highest BCUT2D eigenvalue weighted by atomic mass is 32.1. The SMILES string of the molecule is CNC(=O)CC(C)NC(=O)c1csc(-c2ccc(-c3nc(C(=O)OC)cs3)nc2-c2csc(-c3csc(C(NC(=O)CNC(=O)c4csc(C(NC(=O)c5ncsc5C)C(C)C)n4)C(C)C)n3)n2)n1. The van der Waals surface area contributed by atoms with Crippen LogP contribution in [-0.2, 0) is 14.3 Å². The molecule has 5 amide bonds. The molecule has 0 aromatic carbocycles. The van der Waals surface area contributed by atoms with Crippen LogP contribution >= 0.6 is 68.0 Å². The van der Waals surface area contributed by atoms with Gasteiger partial charge in [0.15, 0.2) is 5.69 Å². The Kier molecular flexibility index (Phi) is 16.5. The molecule has 7 rings (SSSR count). The highest BCUT2D eigenvalue weighted by Gasteiger charge is 2.28. The second-order valence-electron chi connectivity index (χ2n) is 16.0. The second-order valence-corrected chi connectivity index (χ2v) is 21.4. The van der Waals surface area contributed by atoms with E-state index < -0.39 is 41.8 Å². The first-order valence-electron chi connectivity index (χ1n) is 21.2. The zero-order valence-corrected chi connectivity index (χ0v) is 43.3. The van der Waals surface area contributed by atoms with Gasteiger partial charge in [-0.25, -0.2) is 39.7 Å². The van der Waals surface area contributed by atoms with Crippen LogP contribution in [0.25, 0.3) is 43.4 Å². The van der Waals surface area contributed by atoms with Gasteiger partial charge in [0.1, 0.15) is 59.2 Å². The molecule has 0 aliphatic heterocycles. The summed E-state index contributed by atoms with van der Waals surface area (Å²) < 4.78 is 4.85. The Morgan fingerprint density at radius 1 is 0.609 bits per heavy atom. The van der Waals surface area contributed by atoms with E-state index in [0.717, 1.165) is 4.88 Å². The number of aromatic nitrogens is 7. The van der Waals surface area contributed by atoms with Crippen LogP contribution in [0.1, 0.15) is 110 Å². The molecule has 7 aromatic heterocycles. The Bertz CT molecular complexity index is 3000. The van der Waals surface area contributed by atoms with Gasteiger partial charge in [-0.05, 0) is 37.8 Å². The molecule has 7 aromatic rings. The van der Waals surface area contributed by atoms with E-state index in [0.29, 0.717) is 59.1 Å². The standard InChI is InChI=1S/C44H46N12O7S6/c1-19(2)32(55-31(58)12-46-36(59)26-14-67-43(52-26)33(20(3)4)56-38(61)34-22(6)69-18-47-34)42-53-28(16-68-42)41-50-25(13-65-41)35-23(9-10-24(49-35)40-54-29(17-66-40)44(62)63-8)39-51-27(15-64-39)37(60)48-21(5)11-30(57)45-7/h9-10,13-21,32-33H,11-12H2,1-8H3,(H,45,57)(H,46,59)(H,48,60)(H,55,58)(H,56,61). The maximum Gasteiger partial charge on any atom is 0.357 e. The van der Waals surface area contributed by atoms with Gasteiger partial charge in [0.25, 0.3) is 17.7 Å². The van der Waals surface area contributed by atoms with Crippen LogP contribution in [0.5, 0.6) is 0 Å². The Hall–Kier alpha value is -6.25. The van der Waals surface area contributed by atoms with E-state index in [4.69, 9.17) is 19.7 Å². The molecular weight excluding hydrogens is 1000 g/mol. The number of aryl methyl sites for hydroxylation is 1. The highest BCUT2D eigenvalue weighted by molar-refractivity contribution is 7.15. The molecule has 0 saturated heterocycles. The van der Waals surface area contributed by atoms with Crippen molar-refractivity contribution in [3.8, 4) is 43.4 Å². The van der Waals surface area contributed by atoms with Gasteiger partial charge < -0.3 is 31.3 Å². The maximum absolute atomic E-state index is 13.3. The quantitative estimate of drug-likeness (QED) is 0.0502. The van der Waals surface area contributed by atoms with Gasteiger partial charge in [-0.3, -0.25) is 24.0 Å². The van der Waals surface area contributed by atoms with Gasteiger partial charge in [-0.1, -0.05) is 27.7 Å². The van der Waals surface area contributed by atoms with Crippen molar-refractivity contribution < 1.29 is 33.5 Å². The lowest BCUT2D eigenvalue weighted by Crippen LogP contribution is -2.40. The minimum absolute atomic E-state index is 0.0245. The second kappa shape index (κ2) is 22.5. The molecule has 0 bridgehead atoms. The van der Waals surface area contributed by atoms with E-state index in [1.165, 1.54) is 82.2 Å². The number of methoxy groups -OCH3 is 1. The molecule has 0 fully saturated rings. The fourth-order valence-corrected chi connectivity index (χ4v) is 11.6. The third kappa shape index (κ3) is 12.1. The molecule has 0 aliphatic rings. The molecule has 5 N–H and O–H groups in total. The fourth-order valence-electron chi connectivity index (χ4n) is 6.57. The van der Waals surface area contributed by atoms with Gasteiger partial charge >= 0.3 is 5.97 Å². The molecule has 3 atom stereocenters. The number of hydrogen-bond donors (Lipinski definition) is 5. The summed E-state index contributed by atoms with van der Waals surface area (Å²) in [5, 5.41) is 25.3. The van der Waals surface area contributed by atoms with Gasteiger partial charge in [-0.2, -0.15) is 0 Å². The van der Waals surface area contributed by atoms with Crippen LogP contribution in [0.15, 0.2) is 44.5 Å². The van der Waals surface area contributed by atoms with Crippen molar-refractivity contribution in [2.75, 3.05) is 20.7 Å². The Balaban J connectivity index is 1.05. The largest absolute Gasteiger partial charge is 0.464 e. The molecule has 25 heteroatoms. The average Bonchev–Trinajstić information content (AvgIpc) is 4.19. The number of carbonyl (C=O) groups excluding carboxylic acids is 6. The minimum atomic E-state index is -0.574. The Morgan fingerprint density at radius 3 is 1.94 bits per heavy atom. The van der Waals surface area contributed by atoms with Gasteiger partial charge in [0.2, 0.25) is 11.8 Å². The first kappa shape index (κ1) is 50.6. The van der Waals surface area contributed by atoms with E-state index in [-0.39, 0.29) is 53.7 Å². The Labute approximate surface area is 420 Å². The van der Waals surface area contributed by atoms with E-state index in [1.807, 2.05) is 51.4 Å². The van der Waals surface area contributed by atoms with Crippen molar-refractivity contribution in [3.63, 3.8) is 0 Å². The average molecular weight is 1050 g/mol. The summed E-state index contributed by atoms with van der Waals surface area (Å²) in [6, 6.07) is 2.20. The number of amides is 5. The van der Waals surface area contributed by atoms with Crippen molar-refractivity contribution in [1.82, 2.24) is 61.5 Å². The smallest absolute Gasteiger partial charge is 0.357 e. The van der Waals surface area contributed by atoms with E-state index in [9.17, 15) is 28.8 Å². The summed E-state index contributed by atoms with van der Waals surface area (Å²) in [4.78, 5) is 110. The summed E-state index contributed by atoms with van der Waals surface area (Å²) in [5.41, 5.74) is 5.03. The van der Waals surface area contributed by atoms with E-state index in [2.05, 4.69) is 46.5 Å². The molecule has 69 heavy (non-hydrogen) atoms. The number of pyridine rings is 1. The van der Waals surface area contributed by atoms with Crippen LogP contribution < -0.4 is 26.6 Å². The molecule has 0 saturated carbocycles. The van der Waals surface area contributed by atoms with Crippen molar-refractivity contribution in [3.05, 3.63) is 82.2 Å². The molecule has 19 nitrogen and oxygen atoms in total. The van der Waals surface area contributed by atoms with Crippen molar-refractivity contribution in [2.24, 2.45) is 11.8 Å². The first-order valence-corrected chi connectivity index (χ1v) is 26.5. The number of thiazole rings is 6. The van der Waals surface area contributed by atoms with Gasteiger partial charge in [0, 0.05) is 56.9 Å². The molecular formula is C44H46N12O7S6. The minimum Gasteiger partial charge on any atom is -0.464 e. The lowest BCUT2D eigenvalue weighted by Gasteiger charge is -2.20. The topological polar surface area (TPSA) is 262 Å². The number of nitrogens with zero attached hydrogens (tertiary/aromatic N) is 7. The predicted molar refractivity (Wildman–Crippen MR) is 268 cm³/mol. The van der Waals surface area contributed by atoms with Crippen LogP contribution in [0.3, 0.4) is 0 Å². The molecule has 0 spiro atoms. The summed E-state index contributed by atoms with van der Waals surface area (Å²) in [6.07, 6.45) is 0.109. The normalized spacial score (nSPS) is 12.6.